The molecule has 1 aromatic carbocycles. The summed E-state index contributed by atoms with van der Waals surface area (Å²) < 4.78 is 10.9. The summed E-state index contributed by atoms with van der Waals surface area (Å²) in [5.74, 6) is 6.30. The summed E-state index contributed by atoms with van der Waals surface area (Å²) in [4.78, 5) is 2.08. The van der Waals surface area contributed by atoms with E-state index in [0.29, 0.717) is 13.2 Å². The molecule has 0 saturated carbocycles. The second-order valence-electron chi connectivity index (χ2n) is 4.31. The maximum Gasteiger partial charge on any atom is 0.222 e. The van der Waals surface area contributed by atoms with Crippen LogP contribution in [0.15, 0.2) is 30.3 Å². The molecule has 0 aliphatic rings. The van der Waals surface area contributed by atoms with Crippen LogP contribution in [0.2, 0.25) is 0 Å². The van der Waals surface area contributed by atoms with Crippen molar-refractivity contribution in [3.8, 4) is 11.8 Å². The fourth-order valence-electron chi connectivity index (χ4n) is 1.73. The molecule has 0 aliphatic carbocycles. The minimum Gasteiger partial charge on any atom is -0.342 e. The summed E-state index contributed by atoms with van der Waals surface area (Å²) in [6.45, 7) is 5.07. The van der Waals surface area contributed by atoms with Crippen molar-refractivity contribution in [2.24, 2.45) is 0 Å². The second-order valence-corrected chi connectivity index (χ2v) is 4.31. The maximum absolute atomic E-state index is 5.43. The highest BCUT2D eigenvalue weighted by atomic mass is 16.7. The van der Waals surface area contributed by atoms with E-state index < -0.39 is 6.29 Å². The highest BCUT2D eigenvalue weighted by molar-refractivity contribution is 5.27. The van der Waals surface area contributed by atoms with Gasteiger partial charge in [-0.05, 0) is 39.4 Å². The third-order valence-corrected chi connectivity index (χ3v) is 2.61. The monoisotopic (exact) mass is 261 g/mol. The van der Waals surface area contributed by atoms with E-state index in [1.54, 1.807) is 0 Å². The van der Waals surface area contributed by atoms with Crippen molar-refractivity contribution >= 4 is 0 Å². The number of hydrogen-bond donors (Lipinski definition) is 0. The molecule has 1 atom stereocenters. The number of hydrogen-bond acceptors (Lipinski definition) is 3. The van der Waals surface area contributed by atoms with Gasteiger partial charge in [-0.3, -0.25) is 4.90 Å². The first-order valence-corrected chi connectivity index (χ1v) is 6.64. The Labute approximate surface area is 116 Å². The van der Waals surface area contributed by atoms with E-state index >= 15 is 0 Å². The molecule has 0 aliphatic heterocycles. The summed E-state index contributed by atoms with van der Waals surface area (Å²) in [6, 6.07) is 10.3. The van der Waals surface area contributed by atoms with Crippen molar-refractivity contribution in [2.75, 3.05) is 27.3 Å². The Morgan fingerprint density at radius 2 is 1.58 bits per heavy atom. The lowest BCUT2D eigenvalue weighted by Crippen LogP contribution is -2.20. The van der Waals surface area contributed by atoms with E-state index in [0.717, 1.165) is 0 Å². The van der Waals surface area contributed by atoms with E-state index in [2.05, 4.69) is 28.9 Å². The highest BCUT2D eigenvalue weighted by Gasteiger charge is 2.11. The van der Waals surface area contributed by atoms with E-state index in [-0.39, 0.29) is 6.04 Å². The number of benzene rings is 1. The Balaban J connectivity index is 2.84. The van der Waals surface area contributed by atoms with Gasteiger partial charge in [0.15, 0.2) is 0 Å². The summed E-state index contributed by atoms with van der Waals surface area (Å²) in [7, 11) is 4.03. The molecular weight excluding hydrogens is 238 g/mol. The summed E-state index contributed by atoms with van der Waals surface area (Å²) in [5, 5.41) is 0. The smallest absolute Gasteiger partial charge is 0.222 e. The van der Waals surface area contributed by atoms with Crippen molar-refractivity contribution in [1.82, 2.24) is 4.90 Å². The number of ether oxygens (including phenoxy) is 2. The van der Waals surface area contributed by atoms with Gasteiger partial charge in [0.2, 0.25) is 6.29 Å². The first kappa shape index (κ1) is 15.7. The summed E-state index contributed by atoms with van der Waals surface area (Å²) >= 11 is 0. The van der Waals surface area contributed by atoms with Crippen LogP contribution in [0.25, 0.3) is 0 Å². The molecule has 0 radical (unpaired) electrons. The SMILES string of the molecule is CCOC(C#CC(c1ccccc1)N(C)C)OCC. The van der Waals surface area contributed by atoms with Crippen LogP contribution in [-0.2, 0) is 9.47 Å². The van der Waals surface area contributed by atoms with E-state index in [1.807, 2.05) is 46.1 Å². The van der Waals surface area contributed by atoms with Crippen LogP contribution >= 0.6 is 0 Å². The largest absolute Gasteiger partial charge is 0.342 e. The van der Waals surface area contributed by atoms with Crippen molar-refractivity contribution in [3.63, 3.8) is 0 Å². The predicted octanol–water partition coefficient (Wildman–Crippen LogP) is 2.69. The summed E-state index contributed by atoms with van der Waals surface area (Å²) in [6.07, 6.45) is -0.443. The van der Waals surface area contributed by atoms with Gasteiger partial charge in [-0.1, -0.05) is 36.3 Å². The lowest BCUT2D eigenvalue weighted by atomic mass is 10.1. The van der Waals surface area contributed by atoms with Gasteiger partial charge in [-0.2, -0.15) is 0 Å². The van der Waals surface area contributed by atoms with Crippen LogP contribution in [0.4, 0.5) is 0 Å². The Morgan fingerprint density at radius 1 is 1.00 bits per heavy atom. The van der Waals surface area contributed by atoms with Crippen LogP contribution in [-0.4, -0.2) is 38.5 Å². The van der Waals surface area contributed by atoms with Crippen molar-refractivity contribution in [1.29, 1.82) is 0 Å². The van der Waals surface area contributed by atoms with Gasteiger partial charge in [-0.25, -0.2) is 0 Å². The van der Waals surface area contributed by atoms with E-state index in [9.17, 15) is 0 Å². The zero-order valence-corrected chi connectivity index (χ0v) is 12.2. The molecule has 0 bridgehead atoms. The Hall–Kier alpha value is -1.34. The highest BCUT2D eigenvalue weighted by Crippen LogP contribution is 2.16. The average Bonchev–Trinajstić information content (AvgIpc) is 2.40. The Bertz CT molecular complexity index is 400. The van der Waals surface area contributed by atoms with Crippen LogP contribution in [0, 0.1) is 11.8 Å². The van der Waals surface area contributed by atoms with Crippen LogP contribution in [0.1, 0.15) is 25.5 Å². The van der Waals surface area contributed by atoms with Gasteiger partial charge in [0.05, 0.1) is 6.04 Å². The van der Waals surface area contributed by atoms with Crippen LogP contribution in [0.5, 0.6) is 0 Å². The third-order valence-electron chi connectivity index (χ3n) is 2.61. The van der Waals surface area contributed by atoms with Crippen molar-refractivity contribution < 1.29 is 9.47 Å². The van der Waals surface area contributed by atoms with Crippen molar-refractivity contribution in [3.05, 3.63) is 35.9 Å². The van der Waals surface area contributed by atoms with Crippen LogP contribution < -0.4 is 0 Å². The van der Waals surface area contributed by atoms with E-state index in [1.165, 1.54) is 5.56 Å². The lowest BCUT2D eigenvalue weighted by molar-refractivity contribution is -0.0971. The van der Waals surface area contributed by atoms with Gasteiger partial charge in [0.1, 0.15) is 0 Å². The molecular formula is C16H23NO2. The molecule has 1 unspecified atom stereocenters. The van der Waals surface area contributed by atoms with Gasteiger partial charge in [-0.15, -0.1) is 0 Å². The van der Waals surface area contributed by atoms with Gasteiger partial charge in [0, 0.05) is 13.2 Å². The lowest BCUT2D eigenvalue weighted by Gasteiger charge is -2.19. The zero-order valence-electron chi connectivity index (χ0n) is 12.2. The van der Waals surface area contributed by atoms with Crippen LogP contribution in [0.3, 0.4) is 0 Å². The molecule has 3 heteroatoms. The molecule has 0 aromatic heterocycles. The first-order valence-electron chi connectivity index (χ1n) is 6.64. The molecule has 0 saturated heterocycles. The fraction of sp³-hybridized carbons (Fsp3) is 0.500. The van der Waals surface area contributed by atoms with Gasteiger partial charge >= 0.3 is 0 Å². The molecule has 0 amide bonds. The molecule has 0 N–H and O–H groups in total. The number of nitrogens with zero attached hydrogens (tertiary/aromatic N) is 1. The molecule has 0 fully saturated rings. The zero-order chi connectivity index (χ0) is 14.1. The Kier molecular flexibility index (Phi) is 7.20. The molecule has 0 heterocycles. The Morgan fingerprint density at radius 3 is 2.05 bits per heavy atom. The predicted molar refractivity (Wildman–Crippen MR) is 77.7 cm³/mol. The third kappa shape index (κ3) is 5.44. The van der Waals surface area contributed by atoms with Crippen molar-refractivity contribution in [2.45, 2.75) is 26.2 Å². The van der Waals surface area contributed by atoms with E-state index in [4.69, 9.17) is 9.47 Å². The number of rotatable bonds is 6. The maximum atomic E-state index is 5.43. The standard InChI is InChI=1S/C16H23NO2/c1-5-18-16(19-6-2)13-12-15(17(3)4)14-10-8-7-9-11-14/h7-11,15-16H,5-6H2,1-4H3. The first-order chi connectivity index (χ1) is 9.19. The van der Waals surface area contributed by atoms with Gasteiger partial charge < -0.3 is 9.47 Å². The molecule has 3 nitrogen and oxygen atoms in total. The molecule has 0 spiro atoms. The minimum atomic E-state index is -0.443. The molecule has 1 aromatic rings. The molecule has 104 valence electrons. The average molecular weight is 261 g/mol. The normalized spacial score (nSPS) is 12.3. The quantitative estimate of drug-likeness (QED) is 0.580. The second kappa shape index (κ2) is 8.71. The minimum absolute atomic E-state index is 0.0459. The molecule has 19 heavy (non-hydrogen) atoms. The molecule has 1 rings (SSSR count). The topological polar surface area (TPSA) is 21.7 Å². The summed E-state index contributed by atoms with van der Waals surface area (Å²) in [5.41, 5.74) is 1.17. The fourth-order valence-corrected chi connectivity index (χ4v) is 1.73. The van der Waals surface area contributed by atoms with Gasteiger partial charge in [0.25, 0.3) is 0 Å².